The topological polar surface area (TPSA) is 86.0 Å². The molecule has 0 saturated heterocycles. The van der Waals surface area contributed by atoms with Crippen LogP contribution in [0, 0.1) is 5.82 Å². The van der Waals surface area contributed by atoms with Crippen LogP contribution in [0.25, 0.3) is 11.3 Å². The third kappa shape index (κ3) is 4.59. The molecule has 0 radical (unpaired) electrons. The Kier molecular flexibility index (Phi) is 5.22. The Hall–Kier alpha value is -3.71. The highest BCUT2D eigenvalue weighted by Crippen LogP contribution is 2.29. The zero-order chi connectivity index (χ0) is 20.2. The van der Waals surface area contributed by atoms with Crippen molar-refractivity contribution >= 4 is 29.1 Å². The number of pyridine rings is 1. The van der Waals surface area contributed by atoms with Crippen molar-refractivity contribution in [2.75, 3.05) is 11.1 Å². The van der Waals surface area contributed by atoms with Gasteiger partial charge in [-0.1, -0.05) is 41.9 Å². The minimum Gasteiger partial charge on any atom is -0.454 e. The minimum atomic E-state index is -0.548. The van der Waals surface area contributed by atoms with E-state index < -0.39 is 5.82 Å². The number of benzene rings is 2. The zero-order valence-corrected chi connectivity index (χ0v) is 15.8. The molecule has 2 aromatic heterocycles. The van der Waals surface area contributed by atoms with Gasteiger partial charge in [0.25, 0.3) is 0 Å². The second-order valence-corrected chi connectivity index (χ2v) is 6.44. The second kappa shape index (κ2) is 8.12. The molecule has 0 aliphatic rings. The van der Waals surface area contributed by atoms with Gasteiger partial charge in [-0.3, -0.25) is 0 Å². The lowest BCUT2D eigenvalue weighted by Crippen LogP contribution is -2.02. The largest absolute Gasteiger partial charge is 0.454 e. The molecular weight excluding hydrogens is 393 g/mol. The van der Waals surface area contributed by atoms with Crippen molar-refractivity contribution in [3.63, 3.8) is 0 Å². The number of halogens is 2. The monoisotopic (exact) mass is 407 g/mol. The van der Waals surface area contributed by atoms with Crippen LogP contribution in [0.1, 0.15) is 0 Å². The molecular formula is C21H15ClFN5O. The van der Waals surface area contributed by atoms with Crippen LogP contribution in [0.15, 0.2) is 72.9 Å². The maximum Gasteiger partial charge on any atom is 0.222 e. The van der Waals surface area contributed by atoms with Gasteiger partial charge in [0.15, 0.2) is 11.6 Å². The quantitative estimate of drug-likeness (QED) is 0.428. The number of nitrogens with two attached hydrogens (primary N) is 1. The van der Waals surface area contributed by atoms with E-state index in [0.717, 1.165) is 5.56 Å². The zero-order valence-electron chi connectivity index (χ0n) is 15.0. The van der Waals surface area contributed by atoms with Gasteiger partial charge in [-0.25, -0.2) is 14.4 Å². The van der Waals surface area contributed by atoms with E-state index >= 15 is 0 Å². The molecule has 144 valence electrons. The number of nitrogens with one attached hydrogen (secondary N) is 1. The van der Waals surface area contributed by atoms with Crippen LogP contribution in [-0.4, -0.2) is 15.0 Å². The van der Waals surface area contributed by atoms with Crippen LogP contribution in [0.3, 0.4) is 0 Å². The summed E-state index contributed by atoms with van der Waals surface area (Å²) in [5.41, 5.74) is 7.88. The van der Waals surface area contributed by atoms with Crippen molar-refractivity contribution in [3.05, 3.63) is 83.9 Å². The highest BCUT2D eigenvalue weighted by atomic mass is 35.5. The standard InChI is InChI=1S/C21H15ClFN5O/c22-19-11-15(8-9-25-19)29-18-7-6-14(10-16(18)23)26-20-12-17(27-21(24)28-20)13-4-2-1-3-5-13/h1-12H,(H3,24,26,27,28). The fourth-order valence-corrected chi connectivity index (χ4v) is 2.83. The van der Waals surface area contributed by atoms with Gasteiger partial charge in [-0.2, -0.15) is 4.98 Å². The lowest BCUT2D eigenvalue weighted by molar-refractivity contribution is 0.442. The van der Waals surface area contributed by atoms with Gasteiger partial charge in [0, 0.05) is 35.6 Å². The lowest BCUT2D eigenvalue weighted by atomic mass is 10.1. The Morgan fingerprint density at radius 3 is 2.55 bits per heavy atom. The summed E-state index contributed by atoms with van der Waals surface area (Å²) in [5.74, 6) is 0.466. The van der Waals surface area contributed by atoms with E-state index in [-0.39, 0.29) is 16.9 Å². The number of aromatic nitrogens is 3. The Balaban J connectivity index is 1.56. The van der Waals surface area contributed by atoms with Gasteiger partial charge < -0.3 is 15.8 Å². The normalized spacial score (nSPS) is 10.6. The molecule has 8 heteroatoms. The SMILES string of the molecule is Nc1nc(Nc2ccc(Oc3ccnc(Cl)c3)c(F)c2)cc(-c2ccccc2)n1. The molecule has 0 aliphatic heterocycles. The van der Waals surface area contributed by atoms with Gasteiger partial charge in [0.2, 0.25) is 5.95 Å². The molecule has 0 spiro atoms. The van der Waals surface area contributed by atoms with Gasteiger partial charge >= 0.3 is 0 Å². The summed E-state index contributed by atoms with van der Waals surface area (Å²) >= 11 is 5.82. The van der Waals surface area contributed by atoms with Crippen molar-refractivity contribution < 1.29 is 9.13 Å². The molecule has 0 amide bonds. The fourth-order valence-electron chi connectivity index (χ4n) is 2.67. The number of nitrogens with zero attached hydrogens (tertiary/aromatic N) is 3. The molecule has 0 atom stereocenters. The van der Waals surface area contributed by atoms with Crippen molar-refractivity contribution in [3.8, 4) is 22.8 Å². The van der Waals surface area contributed by atoms with Crippen molar-refractivity contribution in [1.82, 2.24) is 15.0 Å². The van der Waals surface area contributed by atoms with Crippen LogP contribution in [0.5, 0.6) is 11.5 Å². The molecule has 4 rings (SSSR count). The molecule has 2 heterocycles. The molecule has 2 aromatic carbocycles. The summed E-state index contributed by atoms with van der Waals surface area (Å²) in [6, 6.07) is 18.9. The molecule has 0 saturated carbocycles. The van der Waals surface area contributed by atoms with E-state index in [1.807, 2.05) is 30.3 Å². The fraction of sp³-hybridized carbons (Fsp3) is 0. The maximum absolute atomic E-state index is 14.5. The number of rotatable bonds is 5. The third-order valence-corrected chi connectivity index (χ3v) is 4.15. The number of ether oxygens (including phenoxy) is 1. The summed E-state index contributed by atoms with van der Waals surface area (Å²) in [4.78, 5) is 12.3. The maximum atomic E-state index is 14.5. The van der Waals surface area contributed by atoms with E-state index in [0.29, 0.717) is 22.9 Å². The Labute approximate surface area is 171 Å². The molecule has 0 fully saturated rings. The van der Waals surface area contributed by atoms with Crippen molar-refractivity contribution in [2.24, 2.45) is 0 Å². The summed E-state index contributed by atoms with van der Waals surface area (Å²) in [6.07, 6.45) is 1.48. The van der Waals surface area contributed by atoms with Gasteiger partial charge in [0.1, 0.15) is 16.7 Å². The smallest absolute Gasteiger partial charge is 0.222 e. The van der Waals surface area contributed by atoms with E-state index in [1.54, 1.807) is 18.2 Å². The highest BCUT2D eigenvalue weighted by molar-refractivity contribution is 6.29. The molecule has 0 aliphatic carbocycles. The summed E-state index contributed by atoms with van der Waals surface area (Å²) in [5, 5.41) is 3.30. The molecule has 6 nitrogen and oxygen atoms in total. The van der Waals surface area contributed by atoms with Crippen molar-refractivity contribution in [1.29, 1.82) is 0 Å². The first-order valence-electron chi connectivity index (χ1n) is 8.63. The summed E-state index contributed by atoms with van der Waals surface area (Å²) in [7, 11) is 0. The third-order valence-electron chi connectivity index (χ3n) is 3.94. The molecule has 0 bridgehead atoms. The average molecular weight is 408 g/mol. The predicted molar refractivity (Wildman–Crippen MR) is 111 cm³/mol. The summed E-state index contributed by atoms with van der Waals surface area (Å²) in [6.45, 7) is 0. The van der Waals surface area contributed by atoms with Crippen LogP contribution in [0.4, 0.5) is 21.8 Å². The number of anilines is 3. The van der Waals surface area contributed by atoms with Crippen LogP contribution in [-0.2, 0) is 0 Å². The number of nitrogen functional groups attached to an aromatic ring is 1. The second-order valence-electron chi connectivity index (χ2n) is 6.05. The van der Waals surface area contributed by atoms with Crippen LogP contribution < -0.4 is 15.8 Å². The molecule has 4 aromatic rings. The van der Waals surface area contributed by atoms with Gasteiger partial charge in [-0.15, -0.1) is 0 Å². The summed E-state index contributed by atoms with van der Waals surface area (Å²) < 4.78 is 20.0. The molecule has 29 heavy (non-hydrogen) atoms. The Morgan fingerprint density at radius 2 is 1.79 bits per heavy atom. The van der Waals surface area contributed by atoms with Gasteiger partial charge in [0.05, 0.1) is 5.69 Å². The molecule has 3 N–H and O–H groups in total. The Bertz CT molecular complexity index is 1160. The minimum absolute atomic E-state index is 0.0602. The first-order chi connectivity index (χ1) is 14.1. The number of hydrogen-bond donors (Lipinski definition) is 2. The first-order valence-corrected chi connectivity index (χ1v) is 9.00. The average Bonchev–Trinajstić information content (AvgIpc) is 2.70. The first kappa shape index (κ1) is 18.6. The highest BCUT2D eigenvalue weighted by Gasteiger charge is 2.09. The number of hydrogen-bond acceptors (Lipinski definition) is 6. The van der Waals surface area contributed by atoms with E-state index in [9.17, 15) is 4.39 Å². The van der Waals surface area contributed by atoms with Crippen LogP contribution in [0.2, 0.25) is 5.15 Å². The van der Waals surface area contributed by atoms with E-state index in [1.165, 1.54) is 24.4 Å². The Morgan fingerprint density at radius 1 is 0.966 bits per heavy atom. The predicted octanol–water partition coefficient (Wildman–Crippen LogP) is 5.45. The van der Waals surface area contributed by atoms with Crippen molar-refractivity contribution in [2.45, 2.75) is 0 Å². The van der Waals surface area contributed by atoms with E-state index in [4.69, 9.17) is 22.1 Å². The lowest BCUT2D eigenvalue weighted by Gasteiger charge is -2.11. The van der Waals surface area contributed by atoms with Gasteiger partial charge in [-0.05, 0) is 18.2 Å². The van der Waals surface area contributed by atoms with Crippen LogP contribution >= 0.6 is 11.6 Å². The van der Waals surface area contributed by atoms with E-state index in [2.05, 4.69) is 20.3 Å². The molecule has 0 unspecified atom stereocenters.